The van der Waals surface area contributed by atoms with E-state index in [1.165, 1.54) is 0 Å². The summed E-state index contributed by atoms with van der Waals surface area (Å²) in [5.41, 5.74) is 5.25. The third kappa shape index (κ3) is 5.76. The Morgan fingerprint density at radius 1 is 1.22 bits per heavy atom. The standard InChI is InChI=1S/C17H36N2O3Si/c1-16(2,3)21-15(20)19-12-14(11-13(19)9-10-18)22-23(7,8)17(4,5)6/h13-14H,9-12,18H2,1-8H3/t13-,14-/m1/s1. The van der Waals surface area contributed by atoms with Crippen molar-refractivity contribution in [3.63, 3.8) is 0 Å². The van der Waals surface area contributed by atoms with E-state index in [0.717, 1.165) is 12.8 Å². The first kappa shape index (κ1) is 20.5. The van der Waals surface area contributed by atoms with Crippen LogP contribution in [0.4, 0.5) is 4.79 Å². The van der Waals surface area contributed by atoms with E-state index in [1.54, 1.807) is 0 Å². The molecule has 1 aliphatic rings. The maximum Gasteiger partial charge on any atom is 0.410 e. The van der Waals surface area contributed by atoms with Gasteiger partial charge in [0.05, 0.1) is 6.10 Å². The number of carbonyl (C=O) groups is 1. The van der Waals surface area contributed by atoms with E-state index in [-0.39, 0.29) is 23.3 Å². The Morgan fingerprint density at radius 2 is 1.78 bits per heavy atom. The van der Waals surface area contributed by atoms with Crippen molar-refractivity contribution in [3.05, 3.63) is 0 Å². The average Bonchev–Trinajstić information content (AvgIpc) is 2.68. The number of rotatable bonds is 4. The predicted molar refractivity (Wildman–Crippen MR) is 97.1 cm³/mol. The molecule has 5 nitrogen and oxygen atoms in total. The molecule has 1 aliphatic heterocycles. The SMILES string of the molecule is CC(C)(C)OC(=O)N1C[C@H](O[Si](C)(C)C(C)(C)C)C[C@H]1CCN. The fourth-order valence-corrected chi connectivity index (χ4v) is 3.92. The largest absolute Gasteiger partial charge is 0.444 e. The van der Waals surface area contributed by atoms with Gasteiger partial charge in [0.15, 0.2) is 8.32 Å². The topological polar surface area (TPSA) is 64.8 Å². The van der Waals surface area contributed by atoms with Crippen LogP contribution in [0.1, 0.15) is 54.4 Å². The maximum atomic E-state index is 12.5. The van der Waals surface area contributed by atoms with Crippen LogP contribution in [0.5, 0.6) is 0 Å². The molecule has 23 heavy (non-hydrogen) atoms. The van der Waals surface area contributed by atoms with Gasteiger partial charge in [0.25, 0.3) is 0 Å². The number of nitrogens with two attached hydrogens (primary N) is 1. The summed E-state index contributed by atoms with van der Waals surface area (Å²) in [4.78, 5) is 14.3. The van der Waals surface area contributed by atoms with Crippen LogP contribution in [0, 0.1) is 0 Å². The Bertz CT molecular complexity index is 413. The second kappa shape index (κ2) is 7.11. The molecule has 1 heterocycles. The van der Waals surface area contributed by atoms with Crippen molar-refractivity contribution in [1.29, 1.82) is 0 Å². The lowest BCUT2D eigenvalue weighted by molar-refractivity contribution is 0.0206. The summed E-state index contributed by atoms with van der Waals surface area (Å²) < 4.78 is 12.0. The molecule has 2 N–H and O–H groups in total. The molecule has 1 fully saturated rings. The molecule has 2 atom stereocenters. The van der Waals surface area contributed by atoms with Crippen LogP contribution in [-0.4, -0.2) is 50.1 Å². The second-order valence-corrected chi connectivity index (χ2v) is 13.9. The zero-order valence-electron chi connectivity index (χ0n) is 16.2. The summed E-state index contributed by atoms with van der Waals surface area (Å²) in [6.45, 7) is 18.0. The highest BCUT2D eigenvalue weighted by molar-refractivity contribution is 6.74. The number of nitrogens with zero attached hydrogens (tertiary/aromatic N) is 1. The van der Waals surface area contributed by atoms with E-state index in [4.69, 9.17) is 14.9 Å². The minimum absolute atomic E-state index is 0.0833. The van der Waals surface area contributed by atoms with Gasteiger partial charge in [-0.15, -0.1) is 0 Å². The minimum atomic E-state index is -1.84. The fraction of sp³-hybridized carbons (Fsp3) is 0.941. The van der Waals surface area contributed by atoms with Gasteiger partial charge in [0, 0.05) is 12.6 Å². The molecule has 6 heteroatoms. The molecular formula is C17H36N2O3Si. The summed E-state index contributed by atoms with van der Waals surface area (Å²) in [7, 11) is -1.84. The number of carbonyl (C=O) groups excluding carboxylic acids is 1. The summed E-state index contributed by atoms with van der Waals surface area (Å²) >= 11 is 0. The molecule has 0 aromatic rings. The van der Waals surface area contributed by atoms with Gasteiger partial charge in [0.1, 0.15) is 5.60 Å². The first-order valence-electron chi connectivity index (χ1n) is 8.64. The Labute approximate surface area is 143 Å². The summed E-state index contributed by atoms with van der Waals surface area (Å²) in [6, 6.07) is 0.115. The van der Waals surface area contributed by atoms with Gasteiger partial charge in [-0.25, -0.2) is 4.79 Å². The van der Waals surface area contributed by atoms with Gasteiger partial charge in [-0.2, -0.15) is 0 Å². The van der Waals surface area contributed by atoms with Crippen LogP contribution < -0.4 is 5.73 Å². The molecule has 0 spiro atoms. The Hall–Kier alpha value is -0.593. The molecule has 0 aromatic carbocycles. The average molecular weight is 345 g/mol. The first-order chi connectivity index (χ1) is 10.3. The van der Waals surface area contributed by atoms with E-state index in [0.29, 0.717) is 13.1 Å². The summed E-state index contributed by atoms with van der Waals surface area (Å²) in [5, 5.41) is 0.162. The molecule has 136 valence electrons. The molecule has 0 aromatic heterocycles. The smallest absolute Gasteiger partial charge is 0.410 e. The number of likely N-dealkylation sites (tertiary alicyclic amines) is 1. The fourth-order valence-electron chi connectivity index (χ4n) is 2.56. The highest BCUT2D eigenvalue weighted by Gasteiger charge is 2.44. The summed E-state index contributed by atoms with van der Waals surface area (Å²) in [6.07, 6.45) is 1.47. The molecule has 0 aliphatic carbocycles. The number of amides is 1. The van der Waals surface area contributed by atoms with E-state index in [1.807, 2.05) is 25.7 Å². The molecular weight excluding hydrogens is 308 g/mol. The van der Waals surface area contributed by atoms with Crippen molar-refractivity contribution in [2.45, 2.75) is 90.3 Å². The molecule has 1 saturated heterocycles. The number of hydrogen-bond acceptors (Lipinski definition) is 4. The molecule has 1 rings (SSSR count). The Morgan fingerprint density at radius 3 is 2.22 bits per heavy atom. The molecule has 0 unspecified atom stereocenters. The first-order valence-corrected chi connectivity index (χ1v) is 11.5. The van der Waals surface area contributed by atoms with Crippen LogP contribution in [0.2, 0.25) is 18.1 Å². The lowest BCUT2D eigenvalue weighted by Crippen LogP contribution is -2.45. The lowest BCUT2D eigenvalue weighted by atomic mass is 10.1. The van der Waals surface area contributed by atoms with Gasteiger partial charge < -0.3 is 19.8 Å². The normalized spacial score (nSPS) is 23.3. The quantitative estimate of drug-likeness (QED) is 0.789. The van der Waals surface area contributed by atoms with Crippen molar-refractivity contribution in [1.82, 2.24) is 4.90 Å². The van der Waals surface area contributed by atoms with Gasteiger partial charge >= 0.3 is 6.09 Å². The third-order valence-electron chi connectivity index (χ3n) is 4.77. The molecule has 0 saturated carbocycles. The lowest BCUT2D eigenvalue weighted by Gasteiger charge is -2.38. The van der Waals surface area contributed by atoms with Crippen molar-refractivity contribution in [2.24, 2.45) is 5.73 Å². The van der Waals surface area contributed by atoms with Gasteiger partial charge in [-0.1, -0.05) is 20.8 Å². The van der Waals surface area contributed by atoms with Gasteiger partial charge in [-0.05, 0) is 58.3 Å². The highest BCUT2D eigenvalue weighted by Crippen LogP contribution is 2.39. The number of ether oxygens (including phenoxy) is 1. The molecule has 0 radical (unpaired) electrons. The van der Waals surface area contributed by atoms with Crippen molar-refractivity contribution in [3.8, 4) is 0 Å². The second-order valence-electron chi connectivity index (χ2n) is 9.10. The third-order valence-corrected chi connectivity index (χ3v) is 9.31. The maximum absolute atomic E-state index is 12.5. The molecule has 1 amide bonds. The van der Waals surface area contributed by atoms with Crippen LogP contribution in [-0.2, 0) is 9.16 Å². The van der Waals surface area contributed by atoms with Crippen LogP contribution in [0.3, 0.4) is 0 Å². The van der Waals surface area contributed by atoms with E-state index in [2.05, 4.69) is 33.9 Å². The van der Waals surface area contributed by atoms with Crippen molar-refractivity contribution >= 4 is 14.4 Å². The zero-order valence-corrected chi connectivity index (χ0v) is 17.2. The molecule has 0 bridgehead atoms. The minimum Gasteiger partial charge on any atom is -0.444 e. The predicted octanol–water partition coefficient (Wildman–Crippen LogP) is 3.74. The van der Waals surface area contributed by atoms with E-state index < -0.39 is 13.9 Å². The van der Waals surface area contributed by atoms with Crippen LogP contribution in [0.15, 0.2) is 0 Å². The Kier molecular flexibility index (Phi) is 6.32. The Balaban J connectivity index is 2.80. The summed E-state index contributed by atoms with van der Waals surface area (Å²) in [5.74, 6) is 0. The highest BCUT2D eigenvalue weighted by atomic mass is 28.4. The van der Waals surface area contributed by atoms with E-state index >= 15 is 0 Å². The number of hydrogen-bond donors (Lipinski definition) is 1. The monoisotopic (exact) mass is 344 g/mol. The van der Waals surface area contributed by atoms with Gasteiger partial charge in [-0.3, -0.25) is 0 Å². The van der Waals surface area contributed by atoms with Crippen LogP contribution in [0.25, 0.3) is 0 Å². The zero-order chi connectivity index (χ0) is 18.1. The van der Waals surface area contributed by atoms with Crippen molar-refractivity contribution < 1.29 is 14.0 Å². The van der Waals surface area contributed by atoms with Crippen molar-refractivity contribution in [2.75, 3.05) is 13.1 Å². The van der Waals surface area contributed by atoms with Gasteiger partial charge in [0.2, 0.25) is 0 Å². The van der Waals surface area contributed by atoms with Crippen LogP contribution >= 0.6 is 0 Å². The van der Waals surface area contributed by atoms with E-state index in [9.17, 15) is 4.79 Å².